The second kappa shape index (κ2) is 8.13. The van der Waals surface area contributed by atoms with Crippen molar-refractivity contribution in [1.82, 2.24) is 0 Å². The summed E-state index contributed by atoms with van der Waals surface area (Å²) in [5.41, 5.74) is 0.997. The molecule has 118 valence electrons. The van der Waals surface area contributed by atoms with E-state index in [0.717, 1.165) is 30.0 Å². The van der Waals surface area contributed by atoms with Gasteiger partial charge in [0.25, 0.3) is 0 Å². The van der Waals surface area contributed by atoms with Crippen LogP contribution in [0.15, 0.2) is 18.2 Å². The van der Waals surface area contributed by atoms with Crippen LogP contribution >= 0.6 is 0 Å². The lowest BCUT2D eigenvalue weighted by molar-refractivity contribution is 0.0605. The number of nitrogens with one attached hydrogen (secondary N) is 1. The van der Waals surface area contributed by atoms with Crippen LogP contribution in [0.3, 0.4) is 0 Å². The van der Waals surface area contributed by atoms with Crippen molar-refractivity contribution in [3.63, 3.8) is 0 Å². The lowest BCUT2D eigenvalue weighted by Gasteiger charge is -2.32. The summed E-state index contributed by atoms with van der Waals surface area (Å²) >= 11 is 0. The summed E-state index contributed by atoms with van der Waals surface area (Å²) in [5.74, 6) is 1.75. The minimum atomic E-state index is 0.268. The second-order valence-corrected chi connectivity index (χ2v) is 5.33. The molecule has 0 amide bonds. The Balaban J connectivity index is 2.16. The molecule has 0 aromatic heterocycles. The van der Waals surface area contributed by atoms with E-state index in [1.54, 1.807) is 7.11 Å². The third kappa shape index (κ3) is 4.27. The van der Waals surface area contributed by atoms with Crippen molar-refractivity contribution in [3.8, 4) is 11.5 Å². The van der Waals surface area contributed by atoms with Crippen LogP contribution in [0.5, 0.6) is 11.5 Å². The van der Waals surface area contributed by atoms with Gasteiger partial charge in [0.2, 0.25) is 0 Å². The van der Waals surface area contributed by atoms with Crippen molar-refractivity contribution in [2.75, 3.05) is 25.6 Å². The standard InChI is InChI=1S/C17H27NO3/c1-4-20-13-10-11-17(21-5-2)15(12-13)18-14-8-6-7-9-16(14)19-3/h10-12,14,16,18H,4-9H2,1-3H3. The number of rotatable bonds is 7. The number of hydrogen-bond donors (Lipinski definition) is 1. The Kier molecular flexibility index (Phi) is 6.18. The Bertz CT molecular complexity index is 436. The SMILES string of the molecule is CCOc1ccc(OCC)c(NC2CCCCC2OC)c1. The Morgan fingerprint density at radius 3 is 2.57 bits per heavy atom. The number of benzene rings is 1. The molecule has 0 spiro atoms. The van der Waals surface area contributed by atoms with Gasteiger partial charge in [-0.2, -0.15) is 0 Å². The van der Waals surface area contributed by atoms with Crippen LogP contribution < -0.4 is 14.8 Å². The molecule has 4 heteroatoms. The van der Waals surface area contributed by atoms with Gasteiger partial charge in [-0.1, -0.05) is 12.8 Å². The topological polar surface area (TPSA) is 39.7 Å². The molecule has 2 atom stereocenters. The molecule has 4 nitrogen and oxygen atoms in total. The maximum absolute atomic E-state index is 5.72. The van der Waals surface area contributed by atoms with Crippen molar-refractivity contribution in [1.29, 1.82) is 0 Å². The first-order chi connectivity index (χ1) is 10.3. The Morgan fingerprint density at radius 1 is 1.10 bits per heavy atom. The molecular formula is C17H27NO3. The third-order valence-corrected chi connectivity index (χ3v) is 3.91. The average Bonchev–Trinajstić information content (AvgIpc) is 2.51. The van der Waals surface area contributed by atoms with E-state index in [9.17, 15) is 0 Å². The molecule has 2 rings (SSSR count). The van der Waals surface area contributed by atoms with Crippen molar-refractivity contribution in [2.45, 2.75) is 51.7 Å². The molecule has 1 aliphatic rings. The second-order valence-electron chi connectivity index (χ2n) is 5.33. The Hall–Kier alpha value is -1.42. The van der Waals surface area contributed by atoms with Crippen LogP contribution in [0.25, 0.3) is 0 Å². The lowest BCUT2D eigenvalue weighted by atomic mass is 9.92. The largest absolute Gasteiger partial charge is 0.494 e. The lowest BCUT2D eigenvalue weighted by Crippen LogP contribution is -2.37. The summed E-state index contributed by atoms with van der Waals surface area (Å²) in [7, 11) is 1.80. The van der Waals surface area contributed by atoms with Crippen LogP contribution in [0.1, 0.15) is 39.5 Å². The molecule has 0 heterocycles. The van der Waals surface area contributed by atoms with E-state index < -0.39 is 0 Å². The number of methoxy groups -OCH3 is 1. The van der Waals surface area contributed by atoms with Crippen molar-refractivity contribution < 1.29 is 14.2 Å². The van der Waals surface area contributed by atoms with Gasteiger partial charge in [0.15, 0.2) is 0 Å². The maximum Gasteiger partial charge on any atom is 0.142 e. The fourth-order valence-corrected chi connectivity index (χ4v) is 2.90. The van der Waals surface area contributed by atoms with Gasteiger partial charge in [0, 0.05) is 13.2 Å². The molecule has 1 N–H and O–H groups in total. The molecule has 2 unspecified atom stereocenters. The van der Waals surface area contributed by atoms with Crippen LogP contribution in [0.4, 0.5) is 5.69 Å². The molecule has 0 radical (unpaired) electrons. The highest BCUT2D eigenvalue weighted by Gasteiger charge is 2.25. The molecular weight excluding hydrogens is 266 g/mol. The third-order valence-electron chi connectivity index (χ3n) is 3.91. The van der Waals surface area contributed by atoms with Gasteiger partial charge in [-0.3, -0.25) is 0 Å². The molecule has 1 aromatic carbocycles. The summed E-state index contributed by atoms with van der Waals surface area (Å²) in [6.45, 7) is 5.31. The highest BCUT2D eigenvalue weighted by atomic mass is 16.5. The minimum Gasteiger partial charge on any atom is -0.494 e. The molecule has 0 saturated heterocycles. The summed E-state index contributed by atoms with van der Waals surface area (Å²) in [5, 5.41) is 3.60. The normalized spacial score (nSPS) is 21.9. The molecule has 1 fully saturated rings. The fourth-order valence-electron chi connectivity index (χ4n) is 2.90. The summed E-state index contributed by atoms with van der Waals surface area (Å²) in [6, 6.07) is 6.28. The first kappa shape index (κ1) is 16.0. The van der Waals surface area contributed by atoms with Gasteiger partial charge in [-0.15, -0.1) is 0 Å². The molecule has 0 aliphatic heterocycles. The monoisotopic (exact) mass is 293 g/mol. The maximum atomic E-state index is 5.72. The van der Waals surface area contributed by atoms with E-state index in [1.165, 1.54) is 12.8 Å². The fraction of sp³-hybridized carbons (Fsp3) is 0.647. The first-order valence-corrected chi connectivity index (χ1v) is 7.97. The minimum absolute atomic E-state index is 0.268. The van der Waals surface area contributed by atoms with E-state index in [-0.39, 0.29) is 6.10 Å². The van der Waals surface area contributed by atoms with Gasteiger partial charge in [-0.05, 0) is 38.8 Å². The first-order valence-electron chi connectivity index (χ1n) is 7.97. The van der Waals surface area contributed by atoms with Gasteiger partial charge in [0.1, 0.15) is 11.5 Å². The molecule has 21 heavy (non-hydrogen) atoms. The zero-order valence-corrected chi connectivity index (χ0v) is 13.4. The van der Waals surface area contributed by atoms with Gasteiger partial charge >= 0.3 is 0 Å². The van der Waals surface area contributed by atoms with Crippen molar-refractivity contribution in [3.05, 3.63) is 18.2 Å². The molecule has 0 bridgehead atoms. The Morgan fingerprint density at radius 2 is 1.86 bits per heavy atom. The summed E-state index contributed by atoms with van der Waals surface area (Å²) < 4.78 is 16.9. The predicted molar refractivity (Wildman–Crippen MR) is 85.5 cm³/mol. The smallest absolute Gasteiger partial charge is 0.142 e. The quantitative estimate of drug-likeness (QED) is 0.829. The van der Waals surface area contributed by atoms with Crippen LogP contribution in [-0.2, 0) is 4.74 Å². The van der Waals surface area contributed by atoms with E-state index in [2.05, 4.69) is 5.32 Å². The summed E-state index contributed by atoms with van der Waals surface area (Å²) in [6.07, 6.45) is 5.00. The van der Waals surface area contributed by atoms with Crippen LogP contribution in [0.2, 0.25) is 0 Å². The van der Waals surface area contributed by atoms with Crippen molar-refractivity contribution in [2.24, 2.45) is 0 Å². The number of hydrogen-bond acceptors (Lipinski definition) is 4. The average molecular weight is 293 g/mol. The van der Waals surface area contributed by atoms with Crippen LogP contribution in [-0.4, -0.2) is 32.5 Å². The zero-order chi connectivity index (χ0) is 15.1. The van der Waals surface area contributed by atoms with E-state index in [0.29, 0.717) is 19.3 Å². The highest BCUT2D eigenvalue weighted by molar-refractivity contribution is 5.60. The number of ether oxygens (including phenoxy) is 3. The summed E-state index contributed by atoms with van der Waals surface area (Å²) in [4.78, 5) is 0. The van der Waals surface area contributed by atoms with E-state index >= 15 is 0 Å². The van der Waals surface area contributed by atoms with Gasteiger partial charge in [-0.25, -0.2) is 0 Å². The van der Waals surface area contributed by atoms with E-state index in [4.69, 9.17) is 14.2 Å². The Labute approximate surface area is 127 Å². The highest BCUT2D eigenvalue weighted by Crippen LogP contribution is 2.32. The van der Waals surface area contributed by atoms with E-state index in [1.807, 2.05) is 32.0 Å². The van der Waals surface area contributed by atoms with Gasteiger partial charge < -0.3 is 19.5 Å². The zero-order valence-electron chi connectivity index (χ0n) is 13.4. The van der Waals surface area contributed by atoms with Gasteiger partial charge in [0.05, 0.1) is 31.0 Å². The number of anilines is 1. The van der Waals surface area contributed by atoms with Crippen molar-refractivity contribution >= 4 is 5.69 Å². The molecule has 1 aliphatic carbocycles. The molecule has 1 aromatic rings. The van der Waals surface area contributed by atoms with Crippen LogP contribution in [0, 0.1) is 0 Å². The molecule has 1 saturated carbocycles. The predicted octanol–water partition coefficient (Wildman–Crippen LogP) is 3.85.